The highest BCUT2D eigenvalue weighted by atomic mass is 16.2. The summed E-state index contributed by atoms with van der Waals surface area (Å²) in [6, 6.07) is 0. The van der Waals surface area contributed by atoms with Crippen molar-refractivity contribution in [2.24, 2.45) is 11.8 Å². The molecule has 0 aromatic rings. The minimum absolute atomic E-state index is 0.371. The fourth-order valence-electron chi connectivity index (χ4n) is 2.26. The van der Waals surface area contributed by atoms with E-state index in [4.69, 9.17) is 0 Å². The molecule has 1 saturated carbocycles. The van der Waals surface area contributed by atoms with E-state index >= 15 is 0 Å². The van der Waals surface area contributed by atoms with Crippen molar-refractivity contribution in [3.63, 3.8) is 0 Å². The van der Waals surface area contributed by atoms with Gasteiger partial charge in [0.1, 0.15) is 0 Å². The normalized spacial score (nSPS) is 21.9. The lowest BCUT2D eigenvalue weighted by Gasteiger charge is -2.34. The maximum Gasteiger partial charge on any atom is 0.222 e. The Hall–Kier alpha value is -0.570. The molecule has 1 N–H and O–H groups in total. The summed E-state index contributed by atoms with van der Waals surface area (Å²) in [7, 11) is 0. The number of carbonyl (C=O) groups is 1. The van der Waals surface area contributed by atoms with Gasteiger partial charge < -0.3 is 10.2 Å². The molecule has 0 radical (unpaired) electrons. The molecule has 15 heavy (non-hydrogen) atoms. The number of hydrogen-bond acceptors (Lipinski definition) is 2. The summed E-state index contributed by atoms with van der Waals surface area (Å²) in [5.74, 6) is 1.78. The molecule has 0 bridgehead atoms. The summed E-state index contributed by atoms with van der Waals surface area (Å²) in [5.41, 5.74) is 0. The van der Waals surface area contributed by atoms with E-state index < -0.39 is 0 Å². The molecule has 1 saturated heterocycles. The van der Waals surface area contributed by atoms with E-state index in [1.54, 1.807) is 0 Å². The van der Waals surface area contributed by atoms with Crippen LogP contribution in [0.5, 0.6) is 0 Å². The summed E-state index contributed by atoms with van der Waals surface area (Å²) in [5, 5.41) is 3.22. The van der Waals surface area contributed by atoms with E-state index in [0.717, 1.165) is 38.5 Å². The number of nitrogens with one attached hydrogen (secondary N) is 1. The minimum Gasteiger partial charge on any atom is -0.343 e. The van der Waals surface area contributed by atoms with Crippen LogP contribution in [0.3, 0.4) is 0 Å². The van der Waals surface area contributed by atoms with Crippen LogP contribution in [0.1, 0.15) is 32.6 Å². The third-order valence-corrected chi connectivity index (χ3v) is 3.77. The first-order chi connectivity index (χ1) is 7.29. The van der Waals surface area contributed by atoms with Crippen LogP contribution < -0.4 is 5.32 Å². The van der Waals surface area contributed by atoms with Gasteiger partial charge in [-0.3, -0.25) is 4.79 Å². The van der Waals surface area contributed by atoms with Gasteiger partial charge in [-0.25, -0.2) is 0 Å². The molecule has 0 unspecified atom stereocenters. The van der Waals surface area contributed by atoms with Gasteiger partial charge in [0.05, 0.1) is 0 Å². The Bertz CT molecular complexity index is 222. The van der Waals surface area contributed by atoms with Gasteiger partial charge in [0, 0.05) is 19.5 Å². The predicted molar refractivity (Wildman–Crippen MR) is 60.6 cm³/mol. The Morgan fingerprint density at radius 2 is 2.07 bits per heavy atom. The maximum absolute atomic E-state index is 12.0. The Kier molecular flexibility index (Phi) is 3.62. The molecule has 3 nitrogen and oxygen atoms in total. The van der Waals surface area contributed by atoms with E-state index in [1.165, 1.54) is 19.3 Å². The first-order valence-corrected chi connectivity index (χ1v) is 6.28. The van der Waals surface area contributed by atoms with Crippen LogP contribution in [0.15, 0.2) is 0 Å². The van der Waals surface area contributed by atoms with Gasteiger partial charge in [-0.05, 0) is 44.7 Å². The molecular formula is C12H22N2O. The summed E-state index contributed by atoms with van der Waals surface area (Å²) in [6.07, 6.45) is 4.78. The molecule has 3 heteroatoms. The van der Waals surface area contributed by atoms with Crippen LogP contribution in [-0.2, 0) is 4.79 Å². The topological polar surface area (TPSA) is 32.3 Å². The van der Waals surface area contributed by atoms with Gasteiger partial charge in [-0.15, -0.1) is 0 Å². The first kappa shape index (κ1) is 10.9. The monoisotopic (exact) mass is 210 g/mol. The fourth-order valence-corrected chi connectivity index (χ4v) is 2.26. The summed E-state index contributed by atoms with van der Waals surface area (Å²) in [6.45, 7) is 6.06. The molecule has 1 heterocycles. The zero-order valence-corrected chi connectivity index (χ0v) is 9.67. The Labute approximate surface area is 92.2 Å². The third kappa shape index (κ3) is 2.71. The average molecular weight is 210 g/mol. The number of amides is 1. The standard InChI is InChI=1S/C12H22N2O/c1-2-14(9-10-4-3-5-10)12(15)6-11-7-13-8-11/h10-11,13H,2-9H2,1H3. The first-order valence-electron chi connectivity index (χ1n) is 6.28. The highest BCUT2D eigenvalue weighted by molar-refractivity contribution is 5.76. The molecule has 86 valence electrons. The molecule has 1 aliphatic carbocycles. The van der Waals surface area contributed by atoms with Crippen LogP contribution in [0, 0.1) is 11.8 Å². The Morgan fingerprint density at radius 3 is 2.47 bits per heavy atom. The molecule has 2 rings (SSSR count). The molecule has 0 atom stereocenters. The van der Waals surface area contributed by atoms with Gasteiger partial charge in [0.2, 0.25) is 5.91 Å². The predicted octanol–water partition coefficient (Wildman–Crippen LogP) is 1.24. The zero-order chi connectivity index (χ0) is 10.7. The molecule has 2 aliphatic rings. The number of nitrogens with zero attached hydrogens (tertiary/aromatic N) is 1. The van der Waals surface area contributed by atoms with E-state index in [0.29, 0.717) is 11.8 Å². The van der Waals surface area contributed by atoms with Crippen molar-refractivity contribution in [3.8, 4) is 0 Å². The molecule has 1 aliphatic heterocycles. The van der Waals surface area contributed by atoms with Crippen molar-refractivity contribution in [3.05, 3.63) is 0 Å². The van der Waals surface area contributed by atoms with E-state index in [2.05, 4.69) is 17.1 Å². The molecular weight excluding hydrogens is 188 g/mol. The average Bonchev–Trinajstić information content (AvgIpc) is 2.09. The molecule has 0 aromatic heterocycles. The van der Waals surface area contributed by atoms with Crippen LogP contribution in [-0.4, -0.2) is 37.0 Å². The Balaban J connectivity index is 1.73. The second-order valence-corrected chi connectivity index (χ2v) is 4.96. The van der Waals surface area contributed by atoms with Crippen molar-refractivity contribution < 1.29 is 4.79 Å². The molecule has 1 amide bonds. The lowest BCUT2D eigenvalue weighted by Crippen LogP contribution is -2.46. The minimum atomic E-state index is 0.371. The summed E-state index contributed by atoms with van der Waals surface area (Å²) in [4.78, 5) is 14.0. The van der Waals surface area contributed by atoms with Gasteiger partial charge in [-0.2, -0.15) is 0 Å². The second kappa shape index (κ2) is 4.97. The zero-order valence-electron chi connectivity index (χ0n) is 9.67. The quantitative estimate of drug-likeness (QED) is 0.740. The Morgan fingerprint density at radius 1 is 1.33 bits per heavy atom. The third-order valence-electron chi connectivity index (χ3n) is 3.77. The number of hydrogen-bond donors (Lipinski definition) is 1. The summed E-state index contributed by atoms with van der Waals surface area (Å²) >= 11 is 0. The molecule has 0 spiro atoms. The van der Waals surface area contributed by atoms with Gasteiger partial charge >= 0.3 is 0 Å². The van der Waals surface area contributed by atoms with Crippen molar-refractivity contribution >= 4 is 5.91 Å². The van der Waals surface area contributed by atoms with Crippen molar-refractivity contribution in [1.82, 2.24) is 10.2 Å². The lowest BCUT2D eigenvalue weighted by atomic mass is 9.85. The largest absolute Gasteiger partial charge is 0.343 e. The van der Waals surface area contributed by atoms with E-state index in [1.807, 2.05) is 0 Å². The van der Waals surface area contributed by atoms with Crippen molar-refractivity contribution in [2.45, 2.75) is 32.6 Å². The van der Waals surface area contributed by atoms with E-state index in [9.17, 15) is 4.79 Å². The van der Waals surface area contributed by atoms with Gasteiger partial charge in [0.15, 0.2) is 0 Å². The second-order valence-electron chi connectivity index (χ2n) is 4.96. The van der Waals surface area contributed by atoms with Crippen molar-refractivity contribution in [1.29, 1.82) is 0 Å². The summed E-state index contributed by atoms with van der Waals surface area (Å²) < 4.78 is 0. The highest BCUT2D eigenvalue weighted by Gasteiger charge is 2.26. The smallest absolute Gasteiger partial charge is 0.222 e. The molecule has 0 aromatic carbocycles. The van der Waals surface area contributed by atoms with Gasteiger partial charge in [0.25, 0.3) is 0 Å². The fraction of sp³-hybridized carbons (Fsp3) is 0.917. The highest BCUT2D eigenvalue weighted by Crippen LogP contribution is 2.27. The number of carbonyl (C=O) groups excluding carboxylic acids is 1. The van der Waals surface area contributed by atoms with Crippen LogP contribution in [0.4, 0.5) is 0 Å². The lowest BCUT2D eigenvalue weighted by molar-refractivity contribution is -0.133. The van der Waals surface area contributed by atoms with Gasteiger partial charge in [-0.1, -0.05) is 6.42 Å². The van der Waals surface area contributed by atoms with Crippen LogP contribution in [0.2, 0.25) is 0 Å². The SMILES string of the molecule is CCN(CC1CCC1)C(=O)CC1CNC1. The van der Waals surface area contributed by atoms with Crippen LogP contribution in [0.25, 0.3) is 0 Å². The number of rotatable bonds is 5. The molecule has 2 fully saturated rings. The van der Waals surface area contributed by atoms with Crippen LogP contribution >= 0.6 is 0 Å². The van der Waals surface area contributed by atoms with E-state index in [-0.39, 0.29) is 0 Å². The maximum atomic E-state index is 12.0. The van der Waals surface area contributed by atoms with Crippen molar-refractivity contribution in [2.75, 3.05) is 26.2 Å².